The number of aliphatic carboxylic acids is 1. The number of hydrogen-bond acceptors (Lipinski definition) is 4. The van der Waals surface area contributed by atoms with Crippen molar-refractivity contribution < 1.29 is 24.2 Å². The third-order valence-corrected chi connectivity index (χ3v) is 3.71. The van der Waals surface area contributed by atoms with Crippen LogP contribution >= 0.6 is 0 Å². The fourth-order valence-corrected chi connectivity index (χ4v) is 2.34. The number of carbonyl (C=O) groups excluding carboxylic acids is 2. The first-order valence-corrected chi connectivity index (χ1v) is 7.12. The highest BCUT2D eigenvalue weighted by molar-refractivity contribution is 5.95. The Morgan fingerprint density at radius 2 is 2.05 bits per heavy atom. The van der Waals surface area contributed by atoms with E-state index < -0.39 is 17.9 Å². The monoisotopic (exact) mass is 305 g/mol. The van der Waals surface area contributed by atoms with Gasteiger partial charge in [-0.25, -0.2) is 4.79 Å². The normalized spacial score (nSPS) is 15.0. The molecule has 1 unspecified atom stereocenters. The number of ether oxygens (including phenoxy) is 1. The number of carboxylic acids is 1. The summed E-state index contributed by atoms with van der Waals surface area (Å²) in [5.41, 5.74) is 1.05. The van der Waals surface area contributed by atoms with E-state index in [9.17, 15) is 14.4 Å². The molecule has 1 aliphatic carbocycles. The molecule has 0 heterocycles. The molecule has 2 N–H and O–H groups in total. The van der Waals surface area contributed by atoms with Crippen LogP contribution in [0.1, 0.15) is 35.7 Å². The van der Waals surface area contributed by atoms with Gasteiger partial charge in [-0.05, 0) is 43.9 Å². The van der Waals surface area contributed by atoms with E-state index in [-0.39, 0.29) is 18.1 Å². The van der Waals surface area contributed by atoms with Crippen LogP contribution < -0.4 is 10.1 Å². The molecule has 0 radical (unpaired) electrons. The van der Waals surface area contributed by atoms with Crippen LogP contribution in [-0.2, 0) is 16.0 Å². The van der Waals surface area contributed by atoms with Gasteiger partial charge in [0.1, 0.15) is 11.8 Å². The summed E-state index contributed by atoms with van der Waals surface area (Å²) < 4.78 is 5.19. The van der Waals surface area contributed by atoms with Crippen LogP contribution in [0.2, 0.25) is 0 Å². The van der Waals surface area contributed by atoms with Gasteiger partial charge in [-0.3, -0.25) is 9.59 Å². The second-order valence-electron chi connectivity index (χ2n) is 5.48. The van der Waals surface area contributed by atoms with Gasteiger partial charge in [-0.1, -0.05) is 0 Å². The van der Waals surface area contributed by atoms with Crippen molar-refractivity contribution in [1.29, 1.82) is 0 Å². The predicted octanol–water partition coefficient (Wildman–Crippen LogP) is 1.42. The van der Waals surface area contributed by atoms with Crippen molar-refractivity contribution in [2.24, 2.45) is 5.92 Å². The average Bonchev–Trinajstić information content (AvgIpc) is 3.28. The average molecular weight is 305 g/mol. The lowest BCUT2D eigenvalue weighted by atomic mass is 10.0. The molecule has 118 valence electrons. The highest BCUT2D eigenvalue weighted by atomic mass is 16.5. The molecule has 1 aromatic rings. The van der Waals surface area contributed by atoms with Gasteiger partial charge in [-0.15, -0.1) is 0 Å². The van der Waals surface area contributed by atoms with E-state index in [0.717, 1.165) is 12.8 Å². The topological polar surface area (TPSA) is 92.7 Å². The van der Waals surface area contributed by atoms with Gasteiger partial charge in [0.05, 0.1) is 13.5 Å². The molecule has 0 spiro atoms. The minimum atomic E-state index is -1.01. The Labute approximate surface area is 128 Å². The number of amides is 1. The molecular formula is C16H19NO5. The van der Waals surface area contributed by atoms with Crippen LogP contribution in [0.15, 0.2) is 18.2 Å². The molecule has 2 rings (SSSR count). The number of nitrogens with one attached hydrogen (secondary N) is 1. The van der Waals surface area contributed by atoms with Crippen molar-refractivity contribution in [1.82, 2.24) is 5.32 Å². The van der Waals surface area contributed by atoms with E-state index in [2.05, 4.69) is 5.32 Å². The number of hydrogen-bond donors (Lipinski definition) is 2. The zero-order valence-electron chi connectivity index (χ0n) is 12.6. The molecule has 1 atom stereocenters. The molecule has 1 saturated carbocycles. The maximum absolute atomic E-state index is 12.1. The maximum atomic E-state index is 12.1. The first-order chi connectivity index (χ1) is 10.4. The maximum Gasteiger partial charge on any atom is 0.326 e. The van der Waals surface area contributed by atoms with Crippen LogP contribution in [0.3, 0.4) is 0 Å². The molecule has 6 nitrogen and oxygen atoms in total. The Morgan fingerprint density at radius 1 is 1.36 bits per heavy atom. The number of carbonyl (C=O) groups is 3. The van der Waals surface area contributed by atoms with E-state index in [1.54, 1.807) is 18.2 Å². The molecule has 0 saturated heterocycles. The van der Waals surface area contributed by atoms with Gasteiger partial charge in [0, 0.05) is 11.1 Å². The van der Waals surface area contributed by atoms with Gasteiger partial charge in [0.15, 0.2) is 5.78 Å². The number of methoxy groups -OCH3 is 1. The fraction of sp³-hybridized carbons (Fsp3) is 0.438. The van der Waals surface area contributed by atoms with Crippen LogP contribution in [0.25, 0.3) is 0 Å². The summed E-state index contributed by atoms with van der Waals surface area (Å²) >= 11 is 0. The molecule has 0 aliphatic heterocycles. The zero-order valence-corrected chi connectivity index (χ0v) is 12.6. The Morgan fingerprint density at radius 3 is 2.55 bits per heavy atom. The van der Waals surface area contributed by atoms with Crippen molar-refractivity contribution in [2.75, 3.05) is 7.11 Å². The standard InChI is InChI=1S/C16H19NO5/c1-9(18)11-5-6-13(22-2)12(7-11)8-14(19)17-15(16(20)21)10-3-4-10/h5-7,10,15H,3-4,8H2,1-2H3,(H,17,19)(H,20,21). The number of rotatable bonds is 7. The summed E-state index contributed by atoms with van der Waals surface area (Å²) in [5, 5.41) is 11.7. The summed E-state index contributed by atoms with van der Waals surface area (Å²) in [6.45, 7) is 1.44. The second kappa shape index (κ2) is 6.60. The van der Waals surface area contributed by atoms with E-state index in [4.69, 9.17) is 9.84 Å². The molecule has 6 heteroatoms. The van der Waals surface area contributed by atoms with Gasteiger partial charge in [0.2, 0.25) is 5.91 Å². The second-order valence-corrected chi connectivity index (χ2v) is 5.48. The molecule has 1 aliphatic rings. The molecule has 0 bridgehead atoms. The van der Waals surface area contributed by atoms with Crippen LogP contribution in [-0.4, -0.2) is 35.9 Å². The Kier molecular flexibility index (Phi) is 4.80. The van der Waals surface area contributed by atoms with E-state index >= 15 is 0 Å². The molecule has 0 aromatic heterocycles. The first-order valence-electron chi connectivity index (χ1n) is 7.12. The number of carboxylic acid groups (broad SMARTS) is 1. The SMILES string of the molecule is COc1ccc(C(C)=O)cc1CC(=O)NC(C(=O)O)C1CC1. The van der Waals surface area contributed by atoms with Gasteiger partial charge in [0.25, 0.3) is 0 Å². The lowest BCUT2D eigenvalue weighted by molar-refractivity contribution is -0.142. The van der Waals surface area contributed by atoms with Crippen LogP contribution in [0.4, 0.5) is 0 Å². The summed E-state index contributed by atoms with van der Waals surface area (Å²) in [5.74, 6) is -0.991. The summed E-state index contributed by atoms with van der Waals surface area (Å²) in [6, 6.07) is 4.03. The number of ketones is 1. The third-order valence-electron chi connectivity index (χ3n) is 3.71. The minimum Gasteiger partial charge on any atom is -0.496 e. The third kappa shape index (κ3) is 3.84. The highest BCUT2D eigenvalue weighted by Gasteiger charge is 2.37. The zero-order chi connectivity index (χ0) is 16.3. The van der Waals surface area contributed by atoms with Crippen molar-refractivity contribution in [3.05, 3.63) is 29.3 Å². The Balaban J connectivity index is 2.11. The van der Waals surface area contributed by atoms with Crippen LogP contribution in [0, 0.1) is 5.92 Å². The lowest BCUT2D eigenvalue weighted by Crippen LogP contribution is -2.43. The van der Waals surface area contributed by atoms with Crippen molar-refractivity contribution in [2.45, 2.75) is 32.2 Å². The number of benzene rings is 1. The lowest BCUT2D eigenvalue weighted by Gasteiger charge is -2.15. The van der Waals surface area contributed by atoms with Crippen molar-refractivity contribution in [3.8, 4) is 5.75 Å². The van der Waals surface area contributed by atoms with Gasteiger partial charge < -0.3 is 15.2 Å². The van der Waals surface area contributed by atoms with E-state index in [1.807, 2.05) is 0 Å². The minimum absolute atomic E-state index is 0.0203. The Hall–Kier alpha value is -2.37. The molecule has 1 aromatic carbocycles. The summed E-state index contributed by atoms with van der Waals surface area (Å²) in [6.07, 6.45) is 1.61. The summed E-state index contributed by atoms with van der Waals surface area (Å²) in [4.78, 5) is 34.7. The van der Waals surface area contributed by atoms with E-state index in [1.165, 1.54) is 14.0 Å². The Bertz CT molecular complexity index is 607. The van der Waals surface area contributed by atoms with Crippen molar-refractivity contribution in [3.63, 3.8) is 0 Å². The molecule has 22 heavy (non-hydrogen) atoms. The van der Waals surface area contributed by atoms with Gasteiger partial charge >= 0.3 is 5.97 Å². The number of Topliss-reactive ketones (excluding diaryl/α,β-unsaturated/α-hetero) is 1. The molecule has 1 fully saturated rings. The predicted molar refractivity (Wildman–Crippen MR) is 79.0 cm³/mol. The molecular weight excluding hydrogens is 286 g/mol. The highest BCUT2D eigenvalue weighted by Crippen LogP contribution is 2.32. The molecule has 1 amide bonds. The van der Waals surface area contributed by atoms with Crippen LogP contribution in [0.5, 0.6) is 5.75 Å². The smallest absolute Gasteiger partial charge is 0.326 e. The quantitative estimate of drug-likeness (QED) is 0.743. The fourth-order valence-electron chi connectivity index (χ4n) is 2.34. The van der Waals surface area contributed by atoms with Gasteiger partial charge in [-0.2, -0.15) is 0 Å². The first kappa shape index (κ1) is 16.0. The largest absolute Gasteiger partial charge is 0.496 e. The summed E-state index contributed by atoms with van der Waals surface area (Å²) in [7, 11) is 1.48. The van der Waals surface area contributed by atoms with Crippen molar-refractivity contribution >= 4 is 17.7 Å². The van der Waals surface area contributed by atoms with E-state index in [0.29, 0.717) is 16.9 Å².